The maximum atomic E-state index is 11.9. The van der Waals surface area contributed by atoms with Gasteiger partial charge >= 0.3 is 11.9 Å². The molecular formula is C23H31NO6Si. The van der Waals surface area contributed by atoms with Gasteiger partial charge in [-0.05, 0) is 23.7 Å². The molecule has 0 saturated carbocycles. The fraction of sp³-hybridized carbons (Fsp3) is 0.391. The van der Waals surface area contributed by atoms with Gasteiger partial charge in [-0.25, -0.2) is 4.79 Å². The van der Waals surface area contributed by atoms with Crippen LogP contribution in [0.2, 0.25) is 25.7 Å². The molecule has 0 heterocycles. The number of hydrogen-bond donors (Lipinski definition) is 1. The highest BCUT2D eigenvalue weighted by atomic mass is 28.3. The van der Waals surface area contributed by atoms with Crippen molar-refractivity contribution in [2.24, 2.45) is 0 Å². The second-order valence-electron chi connectivity index (χ2n) is 8.18. The fourth-order valence-electron chi connectivity index (χ4n) is 2.49. The van der Waals surface area contributed by atoms with Gasteiger partial charge in [-0.3, -0.25) is 4.79 Å². The predicted molar refractivity (Wildman–Crippen MR) is 122 cm³/mol. The number of anilines is 1. The van der Waals surface area contributed by atoms with Crippen LogP contribution in [-0.4, -0.2) is 46.9 Å². The van der Waals surface area contributed by atoms with E-state index in [0.29, 0.717) is 30.4 Å². The van der Waals surface area contributed by atoms with Gasteiger partial charge in [0.2, 0.25) is 0 Å². The van der Waals surface area contributed by atoms with E-state index in [9.17, 15) is 9.59 Å². The molecule has 0 bridgehead atoms. The number of nitrogens with one attached hydrogen (secondary N) is 1. The van der Waals surface area contributed by atoms with E-state index in [1.165, 1.54) is 7.11 Å². The number of ether oxygens (including phenoxy) is 4. The Morgan fingerprint density at radius 2 is 1.71 bits per heavy atom. The lowest BCUT2D eigenvalue weighted by Crippen LogP contribution is -2.24. The van der Waals surface area contributed by atoms with Crippen LogP contribution in [0.5, 0.6) is 11.5 Å². The summed E-state index contributed by atoms with van der Waals surface area (Å²) < 4.78 is 21.4. The molecule has 31 heavy (non-hydrogen) atoms. The Bertz CT molecular complexity index is 851. The molecule has 1 N–H and O–H groups in total. The summed E-state index contributed by atoms with van der Waals surface area (Å²) in [6, 6.07) is 15.7. The van der Waals surface area contributed by atoms with Gasteiger partial charge in [0, 0.05) is 14.1 Å². The Morgan fingerprint density at radius 1 is 0.968 bits per heavy atom. The van der Waals surface area contributed by atoms with Gasteiger partial charge in [0.1, 0.15) is 24.7 Å². The average molecular weight is 446 g/mol. The third-order valence-electron chi connectivity index (χ3n) is 4.31. The maximum absolute atomic E-state index is 11.9. The van der Waals surface area contributed by atoms with E-state index in [-0.39, 0.29) is 13.2 Å². The third-order valence-corrected chi connectivity index (χ3v) is 6.02. The molecule has 0 amide bonds. The first kappa shape index (κ1) is 24.3. The normalized spacial score (nSPS) is 10.8. The number of carbonyl (C=O) groups is 2. The molecule has 0 aliphatic heterocycles. The van der Waals surface area contributed by atoms with Crippen molar-refractivity contribution in [1.29, 1.82) is 0 Å². The number of carbonyl (C=O) groups excluding carboxylic acids is 2. The summed E-state index contributed by atoms with van der Waals surface area (Å²) in [5, 5.41) is 2.99. The molecule has 0 unspecified atom stereocenters. The SMILES string of the molecule is COC(=O)CNc1ccc(OCC(=O)OCC[Si](C)(C)C)cc1OCc1ccccc1. The summed E-state index contributed by atoms with van der Waals surface area (Å²) in [6.45, 7) is 7.26. The Kier molecular flexibility index (Phi) is 9.39. The molecule has 2 rings (SSSR count). The average Bonchev–Trinajstić information content (AvgIpc) is 2.75. The number of rotatable bonds is 12. The number of hydrogen-bond acceptors (Lipinski definition) is 7. The minimum atomic E-state index is -1.26. The Morgan fingerprint density at radius 3 is 2.39 bits per heavy atom. The number of esters is 2. The van der Waals surface area contributed by atoms with Gasteiger partial charge in [0.15, 0.2) is 6.61 Å². The van der Waals surface area contributed by atoms with Crippen molar-refractivity contribution in [2.75, 3.05) is 32.2 Å². The highest BCUT2D eigenvalue weighted by Gasteiger charge is 2.15. The highest BCUT2D eigenvalue weighted by molar-refractivity contribution is 6.76. The van der Waals surface area contributed by atoms with Crippen molar-refractivity contribution in [2.45, 2.75) is 32.3 Å². The van der Waals surface area contributed by atoms with Gasteiger partial charge < -0.3 is 24.3 Å². The van der Waals surface area contributed by atoms with E-state index >= 15 is 0 Å². The molecule has 0 aliphatic carbocycles. The van der Waals surface area contributed by atoms with E-state index in [1.54, 1.807) is 18.2 Å². The van der Waals surface area contributed by atoms with Crippen molar-refractivity contribution >= 4 is 25.7 Å². The van der Waals surface area contributed by atoms with Crippen LogP contribution in [-0.2, 0) is 25.7 Å². The maximum Gasteiger partial charge on any atom is 0.344 e. The number of methoxy groups -OCH3 is 1. The van der Waals surface area contributed by atoms with Gasteiger partial charge in [0.25, 0.3) is 0 Å². The van der Waals surface area contributed by atoms with Crippen LogP contribution in [0.25, 0.3) is 0 Å². The quantitative estimate of drug-likeness (QED) is 0.389. The van der Waals surface area contributed by atoms with E-state index in [0.717, 1.165) is 11.6 Å². The zero-order valence-electron chi connectivity index (χ0n) is 18.6. The molecule has 0 atom stereocenters. The molecular weight excluding hydrogens is 414 g/mol. The number of benzene rings is 2. The lowest BCUT2D eigenvalue weighted by molar-refractivity contribution is -0.145. The lowest BCUT2D eigenvalue weighted by Gasteiger charge is -2.16. The molecule has 0 fully saturated rings. The summed E-state index contributed by atoms with van der Waals surface area (Å²) in [5.41, 5.74) is 1.62. The predicted octanol–water partition coefficient (Wildman–Crippen LogP) is 4.11. The first-order valence-electron chi connectivity index (χ1n) is 10.2. The second kappa shape index (κ2) is 12.0. The molecule has 8 heteroatoms. The van der Waals surface area contributed by atoms with Crippen molar-refractivity contribution in [3.63, 3.8) is 0 Å². The summed E-state index contributed by atoms with van der Waals surface area (Å²) in [7, 11) is 0.0746. The molecule has 0 saturated heterocycles. The topological polar surface area (TPSA) is 83.1 Å². The molecule has 0 spiro atoms. The van der Waals surface area contributed by atoms with Crippen LogP contribution in [0.4, 0.5) is 5.69 Å². The minimum Gasteiger partial charge on any atom is -0.487 e. The van der Waals surface area contributed by atoms with Crippen LogP contribution >= 0.6 is 0 Å². The molecule has 2 aromatic carbocycles. The van der Waals surface area contributed by atoms with Crippen LogP contribution < -0.4 is 14.8 Å². The van der Waals surface area contributed by atoms with Crippen LogP contribution in [0.1, 0.15) is 5.56 Å². The molecule has 168 valence electrons. The molecule has 0 aromatic heterocycles. The summed E-state index contributed by atoms with van der Waals surface area (Å²) in [6.07, 6.45) is 0. The van der Waals surface area contributed by atoms with E-state index in [2.05, 4.69) is 29.7 Å². The van der Waals surface area contributed by atoms with Crippen LogP contribution in [0.3, 0.4) is 0 Å². The summed E-state index contributed by atoms with van der Waals surface area (Å²) >= 11 is 0. The first-order chi connectivity index (χ1) is 14.8. The van der Waals surface area contributed by atoms with Crippen LogP contribution in [0.15, 0.2) is 48.5 Å². The van der Waals surface area contributed by atoms with Crippen LogP contribution in [0, 0.1) is 0 Å². The van der Waals surface area contributed by atoms with E-state index < -0.39 is 20.0 Å². The monoisotopic (exact) mass is 445 g/mol. The largest absolute Gasteiger partial charge is 0.487 e. The standard InChI is InChI=1S/C23H31NO6Si/c1-27-22(25)15-24-20-11-10-19(29-17-23(26)28-12-13-31(2,3)4)14-21(20)30-16-18-8-6-5-7-9-18/h5-11,14,24H,12-13,15-17H2,1-4H3. The second-order valence-corrected chi connectivity index (χ2v) is 13.8. The Hall–Kier alpha value is -3.00. The van der Waals surface area contributed by atoms with Gasteiger partial charge in [-0.2, -0.15) is 0 Å². The zero-order valence-corrected chi connectivity index (χ0v) is 19.6. The van der Waals surface area contributed by atoms with E-state index in [4.69, 9.17) is 14.2 Å². The van der Waals surface area contributed by atoms with Gasteiger partial charge in [-0.15, -0.1) is 0 Å². The van der Waals surface area contributed by atoms with E-state index in [1.807, 2.05) is 30.3 Å². The minimum absolute atomic E-state index is 0.00180. The third kappa shape index (κ3) is 9.56. The molecule has 2 aromatic rings. The summed E-state index contributed by atoms with van der Waals surface area (Å²) in [5.74, 6) is 0.166. The Balaban J connectivity index is 1.99. The van der Waals surface area contributed by atoms with Crippen molar-refractivity contribution < 1.29 is 28.5 Å². The lowest BCUT2D eigenvalue weighted by atomic mass is 10.2. The van der Waals surface area contributed by atoms with Gasteiger partial charge in [-0.1, -0.05) is 50.0 Å². The molecule has 7 nitrogen and oxygen atoms in total. The first-order valence-corrected chi connectivity index (χ1v) is 13.9. The summed E-state index contributed by atoms with van der Waals surface area (Å²) in [4.78, 5) is 23.4. The Labute approximate surface area is 184 Å². The van der Waals surface area contributed by atoms with Gasteiger partial charge in [0.05, 0.1) is 19.4 Å². The highest BCUT2D eigenvalue weighted by Crippen LogP contribution is 2.30. The van der Waals surface area contributed by atoms with Crippen molar-refractivity contribution in [3.8, 4) is 11.5 Å². The zero-order chi connectivity index (χ0) is 22.7. The van der Waals surface area contributed by atoms with Crippen molar-refractivity contribution in [1.82, 2.24) is 0 Å². The van der Waals surface area contributed by atoms with Crippen molar-refractivity contribution in [3.05, 3.63) is 54.1 Å². The molecule has 0 radical (unpaired) electrons. The smallest absolute Gasteiger partial charge is 0.344 e. The fourth-order valence-corrected chi connectivity index (χ4v) is 3.20. The molecule has 0 aliphatic rings.